The maximum Gasteiger partial charge on any atom is 0.251 e. The summed E-state index contributed by atoms with van der Waals surface area (Å²) in [5.74, 6) is 0.771. The number of nitrogens with one attached hydrogen (secondary N) is 2. The third-order valence-electron chi connectivity index (χ3n) is 3.46. The fourth-order valence-corrected chi connectivity index (χ4v) is 3.36. The van der Waals surface area contributed by atoms with Gasteiger partial charge in [-0.05, 0) is 42.5 Å². The Bertz CT molecular complexity index is 884. The standard InChI is InChI=1S/C16H15ClN2O5S/c17-12-2-4-13(5-3-12)25(21,22)19-8-7-18-16(20)11-1-6-14-15(9-11)24-10-23-14/h1-6,9,19H,7-8,10H2,(H,18,20). The summed E-state index contributed by atoms with van der Waals surface area (Å²) in [5.41, 5.74) is 0.407. The molecule has 25 heavy (non-hydrogen) atoms. The molecule has 1 amide bonds. The van der Waals surface area contributed by atoms with Crippen molar-refractivity contribution in [3.8, 4) is 11.5 Å². The summed E-state index contributed by atoms with van der Waals surface area (Å²) in [6.07, 6.45) is 0. The van der Waals surface area contributed by atoms with Crippen LogP contribution in [-0.2, 0) is 10.0 Å². The van der Waals surface area contributed by atoms with Crippen LogP contribution < -0.4 is 19.5 Å². The van der Waals surface area contributed by atoms with Crippen LogP contribution in [0.5, 0.6) is 11.5 Å². The quantitative estimate of drug-likeness (QED) is 0.743. The lowest BCUT2D eigenvalue weighted by molar-refractivity contribution is 0.0954. The lowest BCUT2D eigenvalue weighted by Crippen LogP contribution is -2.34. The number of amides is 1. The maximum atomic E-state index is 12.1. The van der Waals surface area contributed by atoms with Crippen LogP contribution in [-0.4, -0.2) is 34.2 Å². The molecule has 1 aliphatic rings. The van der Waals surface area contributed by atoms with E-state index in [0.29, 0.717) is 22.1 Å². The molecule has 0 atom stereocenters. The Kier molecular flexibility index (Phi) is 5.12. The number of carbonyl (C=O) groups excluding carboxylic acids is 1. The zero-order chi connectivity index (χ0) is 17.9. The molecule has 1 heterocycles. The molecule has 7 nitrogen and oxygen atoms in total. The van der Waals surface area contributed by atoms with E-state index in [-0.39, 0.29) is 30.7 Å². The summed E-state index contributed by atoms with van der Waals surface area (Å²) in [4.78, 5) is 12.2. The van der Waals surface area contributed by atoms with Crippen LogP contribution in [0.25, 0.3) is 0 Å². The van der Waals surface area contributed by atoms with Gasteiger partial charge in [0.2, 0.25) is 16.8 Å². The molecule has 1 aliphatic heterocycles. The van der Waals surface area contributed by atoms with E-state index >= 15 is 0 Å². The monoisotopic (exact) mass is 382 g/mol. The predicted octanol–water partition coefficient (Wildman–Crippen LogP) is 1.78. The maximum absolute atomic E-state index is 12.1. The van der Waals surface area contributed by atoms with Gasteiger partial charge in [0.1, 0.15) is 0 Å². The molecule has 2 N–H and O–H groups in total. The molecule has 0 radical (unpaired) electrons. The Labute approximate surface area is 149 Å². The highest BCUT2D eigenvalue weighted by Crippen LogP contribution is 2.32. The van der Waals surface area contributed by atoms with Crippen LogP contribution in [0, 0.1) is 0 Å². The number of hydrogen-bond donors (Lipinski definition) is 2. The van der Waals surface area contributed by atoms with Crippen molar-refractivity contribution in [2.24, 2.45) is 0 Å². The second kappa shape index (κ2) is 7.30. The zero-order valence-electron chi connectivity index (χ0n) is 13.0. The Balaban J connectivity index is 1.51. The minimum Gasteiger partial charge on any atom is -0.454 e. The van der Waals surface area contributed by atoms with E-state index in [1.807, 2.05) is 0 Å². The van der Waals surface area contributed by atoms with Gasteiger partial charge in [-0.2, -0.15) is 0 Å². The van der Waals surface area contributed by atoms with Crippen molar-refractivity contribution in [1.29, 1.82) is 0 Å². The highest BCUT2D eigenvalue weighted by molar-refractivity contribution is 7.89. The van der Waals surface area contributed by atoms with Gasteiger partial charge in [0.25, 0.3) is 5.91 Å². The number of benzene rings is 2. The average molecular weight is 383 g/mol. The number of hydrogen-bond acceptors (Lipinski definition) is 5. The smallest absolute Gasteiger partial charge is 0.251 e. The third kappa shape index (κ3) is 4.22. The van der Waals surface area contributed by atoms with Gasteiger partial charge in [0.15, 0.2) is 11.5 Å². The third-order valence-corrected chi connectivity index (χ3v) is 5.19. The normalized spacial score (nSPS) is 12.8. The van der Waals surface area contributed by atoms with Crippen molar-refractivity contribution < 1.29 is 22.7 Å². The highest BCUT2D eigenvalue weighted by Gasteiger charge is 2.16. The van der Waals surface area contributed by atoms with Crippen LogP contribution in [0.2, 0.25) is 5.02 Å². The van der Waals surface area contributed by atoms with Gasteiger partial charge in [0.05, 0.1) is 4.90 Å². The first-order chi connectivity index (χ1) is 12.0. The van der Waals surface area contributed by atoms with E-state index in [9.17, 15) is 13.2 Å². The van der Waals surface area contributed by atoms with E-state index in [1.54, 1.807) is 18.2 Å². The summed E-state index contributed by atoms with van der Waals surface area (Å²) in [5, 5.41) is 3.09. The number of fused-ring (bicyclic) bond motifs is 1. The fourth-order valence-electron chi connectivity index (χ4n) is 2.20. The molecule has 9 heteroatoms. The molecule has 0 unspecified atom stereocenters. The topological polar surface area (TPSA) is 93.7 Å². The van der Waals surface area contributed by atoms with Gasteiger partial charge in [-0.25, -0.2) is 13.1 Å². The Morgan fingerprint density at radius 2 is 1.76 bits per heavy atom. The Hall–Kier alpha value is -2.29. The SMILES string of the molecule is O=C(NCCNS(=O)(=O)c1ccc(Cl)cc1)c1ccc2c(c1)OCO2. The summed E-state index contributed by atoms with van der Waals surface area (Å²) in [6.45, 7) is 0.328. The van der Waals surface area contributed by atoms with Gasteiger partial charge in [-0.15, -0.1) is 0 Å². The predicted molar refractivity (Wildman–Crippen MR) is 91.5 cm³/mol. The second-order valence-corrected chi connectivity index (χ2v) is 7.38. The summed E-state index contributed by atoms with van der Waals surface area (Å²) in [6, 6.07) is 10.7. The van der Waals surface area contributed by atoms with E-state index in [2.05, 4.69) is 10.0 Å². The average Bonchev–Trinajstić information content (AvgIpc) is 3.06. The van der Waals surface area contributed by atoms with Crippen molar-refractivity contribution in [2.45, 2.75) is 4.90 Å². The fraction of sp³-hybridized carbons (Fsp3) is 0.188. The Morgan fingerprint density at radius 3 is 2.52 bits per heavy atom. The van der Waals surface area contributed by atoms with E-state index in [4.69, 9.17) is 21.1 Å². The number of rotatable bonds is 6. The molecule has 0 spiro atoms. The number of sulfonamides is 1. The van der Waals surface area contributed by atoms with E-state index in [1.165, 1.54) is 24.3 Å². The van der Waals surface area contributed by atoms with Crippen LogP contribution in [0.4, 0.5) is 0 Å². The van der Waals surface area contributed by atoms with Crippen LogP contribution >= 0.6 is 11.6 Å². The molecule has 0 saturated carbocycles. The molecular formula is C16H15ClN2O5S. The number of halogens is 1. The minimum atomic E-state index is -3.64. The van der Waals surface area contributed by atoms with Gasteiger partial charge in [0, 0.05) is 23.7 Å². The lowest BCUT2D eigenvalue weighted by atomic mass is 10.2. The summed E-state index contributed by atoms with van der Waals surface area (Å²) < 4.78 is 37.0. The summed E-state index contributed by atoms with van der Waals surface area (Å²) in [7, 11) is -3.64. The van der Waals surface area contributed by atoms with Gasteiger partial charge >= 0.3 is 0 Å². The molecule has 3 rings (SSSR count). The molecule has 132 valence electrons. The van der Waals surface area contributed by atoms with Crippen molar-refractivity contribution >= 4 is 27.5 Å². The number of ether oxygens (including phenoxy) is 2. The molecule has 2 aromatic rings. The molecule has 0 aromatic heterocycles. The first-order valence-corrected chi connectivity index (χ1v) is 9.25. The molecule has 0 saturated heterocycles. The molecule has 2 aromatic carbocycles. The molecule has 0 bridgehead atoms. The largest absolute Gasteiger partial charge is 0.454 e. The zero-order valence-corrected chi connectivity index (χ0v) is 14.6. The second-order valence-electron chi connectivity index (χ2n) is 5.18. The molecular weight excluding hydrogens is 368 g/mol. The first-order valence-electron chi connectivity index (χ1n) is 7.39. The van der Waals surface area contributed by atoms with Crippen molar-refractivity contribution in [1.82, 2.24) is 10.0 Å². The van der Waals surface area contributed by atoms with Crippen molar-refractivity contribution in [3.05, 3.63) is 53.1 Å². The van der Waals surface area contributed by atoms with Gasteiger partial charge < -0.3 is 14.8 Å². The first kappa shape index (κ1) is 17.5. The molecule has 0 fully saturated rings. The van der Waals surface area contributed by atoms with Crippen molar-refractivity contribution in [3.63, 3.8) is 0 Å². The minimum absolute atomic E-state index is 0.0568. The molecule has 0 aliphatic carbocycles. The van der Waals surface area contributed by atoms with Gasteiger partial charge in [-0.1, -0.05) is 11.6 Å². The van der Waals surface area contributed by atoms with Gasteiger partial charge in [-0.3, -0.25) is 4.79 Å². The van der Waals surface area contributed by atoms with E-state index in [0.717, 1.165) is 0 Å². The lowest BCUT2D eigenvalue weighted by Gasteiger charge is -2.08. The van der Waals surface area contributed by atoms with Crippen molar-refractivity contribution in [2.75, 3.05) is 19.9 Å². The van der Waals surface area contributed by atoms with Crippen LogP contribution in [0.3, 0.4) is 0 Å². The van der Waals surface area contributed by atoms with Crippen LogP contribution in [0.15, 0.2) is 47.4 Å². The van der Waals surface area contributed by atoms with E-state index < -0.39 is 10.0 Å². The summed E-state index contributed by atoms with van der Waals surface area (Å²) >= 11 is 5.74. The Morgan fingerprint density at radius 1 is 1.04 bits per heavy atom. The highest BCUT2D eigenvalue weighted by atomic mass is 35.5. The van der Waals surface area contributed by atoms with Crippen LogP contribution in [0.1, 0.15) is 10.4 Å². The number of carbonyl (C=O) groups is 1.